The van der Waals surface area contributed by atoms with Crippen LogP contribution in [0.1, 0.15) is 23.0 Å². The van der Waals surface area contributed by atoms with Crippen LogP contribution in [-0.4, -0.2) is 60.4 Å². The second-order valence-corrected chi connectivity index (χ2v) is 8.61. The molecule has 0 bridgehead atoms. The maximum atomic E-state index is 12.5. The van der Waals surface area contributed by atoms with Crippen LogP contribution in [0.2, 0.25) is 0 Å². The van der Waals surface area contributed by atoms with Crippen molar-refractivity contribution in [2.45, 2.75) is 6.92 Å². The lowest BCUT2D eigenvalue weighted by atomic mass is 10.1. The summed E-state index contributed by atoms with van der Waals surface area (Å²) in [6, 6.07) is 9.45. The highest BCUT2D eigenvalue weighted by Crippen LogP contribution is 2.18. The van der Waals surface area contributed by atoms with Gasteiger partial charge in [-0.15, -0.1) is 0 Å². The number of nitrogens with two attached hydrogens (primary N) is 1. The number of sulfonamides is 1. The minimum absolute atomic E-state index is 0.0682. The van der Waals surface area contributed by atoms with E-state index in [2.05, 4.69) is 9.97 Å². The molecule has 0 amide bonds. The SMILES string of the molecule is CCS(=O)(=O)N1CCN(c2cnc(N)c(C(=O)/C=C/c3ccccc3)n2)CC1. The normalized spacial score (nSPS) is 15.8. The lowest BCUT2D eigenvalue weighted by Crippen LogP contribution is -2.49. The Balaban J connectivity index is 1.73. The van der Waals surface area contributed by atoms with E-state index in [0.717, 1.165) is 5.56 Å². The quantitative estimate of drug-likeness (QED) is 0.576. The molecule has 8 nitrogen and oxygen atoms in total. The Morgan fingerprint density at radius 1 is 1.18 bits per heavy atom. The molecular formula is C19H23N5O3S. The fourth-order valence-corrected chi connectivity index (χ4v) is 4.00. The van der Waals surface area contributed by atoms with Crippen LogP contribution in [0, 0.1) is 0 Å². The van der Waals surface area contributed by atoms with Crippen LogP contribution in [0.25, 0.3) is 6.08 Å². The number of rotatable bonds is 6. The number of hydrogen-bond acceptors (Lipinski definition) is 7. The number of carbonyl (C=O) groups excluding carboxylic acids is 1. The molecule has 0 unspecified atom stereocenters. The molecule has 1 aliphatic rings. The molecule has 9 heteroatoms. The van der Waals surface area contributed by atoms with Crippen molar-refractivity contribution in [2.75, 3.05) is 42.6 Å². The molecule has 1 aromatic heterocycles. The fourth-order valence-electron chi connectivity index (χ4n) is 2.92. The number of aromatic nitrogens is 2. The summed E-state index contributed by atoms with van der Waals surface area (Å²) in [5.74, 6) is 0.335. The number of ketones is 1. The number of allylic oxidation sites excluding steroid dienone is 1. The molecule has 1 fully saturated rings. The Morgan fingerprint density at radius 2 is 1.86 bits per heavy atom. The van der Waals surface area contributed by atoms with Crippen LogP contribution in [-0.2, 0) is 10.0 Å². The van der Waals surface area contributed by atoms with E-state index in [1.807, 2.05) is 35.2 Å². The molecule has 148 valence electrons. The van der Waals surface area contributed by atoms with Gasteiger partial charge in [-0.25, -0.2) is 18.4 Å². The van der Waals surface area contributed by atoms with E-state index in [1.54, 1.807) is 13.0 Å². The molecule has 0 spiro atoms. The van der Waals surface area contributed by atoms with Gasteiger partial charge in [0.2, 0.25) is 15.8 Å². The summed E-state index contributed by atoms with van der Waals surface area (Å²) >= 11 is 0. The minimum Gasteiger partial charge on any atom is -0.382 e. The van der Waals surface area contributed by atoms with Crippen LogP contribution in [0.4, 0.5) is 11.6 Å². The zero-order valence-corrected chi connectivity index (χ0v) is 16.5. The third kappa shape index (κ3) is 4.55. The van der Waals surface area contributed by atoms with Gasteiger partial charge in [0, 0.05) is 26.2 Å². The first kappa shape index (κ1) is 20.0. The number of benzene rings is 1. The summed E-state index contributed by atoms with van der Waals surface area (Å²) < 4.78 is 25.4. The van der Waals surface area contributed by atoms with Crippen molar-refractivity contribution in [3.63, 3.8) is 0 Å². The first-order valence-corrected chi connectivity index (χ1v) is 10.6. The molecule has 2 heterocycles. The first-order valence-electron chi connectivity index (χ1n) is 9.03. The molecule has 2 aromatic rings. The lowest BCUT2D eigenvalue weighted by Gasteiger charge is -2.34. The Bertz CT molecular complexity index is 968. The highest BCUT2D eigenvalue weighted by Gasteiger charge is 2.26. The topological polar surface area (TPSA) is 109 Å². The van der Waals surface area contributed by atoms with Gasteiger partial charge in [-0.05, 0) is 18.6 Å². The van der Waals surface area contributed by atoms with Gasteiger partial charge in [0.25, 0.3) is 0 Å². The second-order valence-electron chi connectivity index (χ2n) is 6.36. The van der Waals surface area contributed by atoms with Crippen LogP contribution >= 0.6 is 0 Å². The summed E-state index contributed by atoms with van der Waals surface area (Å²) in [5, 5.41) is 0. The third-order valence-corrected chi connectivity index (χ3v) is 6.45. The van der Waals surface area contributed by atoms with Crippen molar-refractivity contribution in [2.24, 2.45) is 0 Å². The van der Waals surface area contributed by atoms with Gasteiger partial charge in [-0.2, -0.15) is 4.31 Å². The zero-order chi connectivity index (χ0) is 20.1. The van der Waals surface area contributed by atoms with E-state index in [1.165, 1.54) is 16.6 Å². The highest BCUT2D eigenvalue weighted by molar-refractivity contribution is 7.89. The molecule has 3 rings (SSSR count). The zero-order valence-electron chi connectivity index (χ0n) is 15.7. The summed E-state index contributed by atoms with van der Waals surface area (Å²) in [5.41, 5.74) is 6.84. The number of carbonyl (C=O) groups is 1. The monoisotopic (exact) mass is 401 g/mol. The number of nitrogen functional groups attached to an aromatic ring is 1. The van der Waals surface area contributed by atoms with Crippen molar-refractivity contribution >= 4 is 33.5 Å². The van der Waals surface area contributed by atoms with Gasteiger partial charge >= 0.3 is 0 Å². The fraction of sp³-hybridized carbons (Fsp3) is 0.316. The van der Waals surface area contributed by atoms with Gasteiger partial charge in [0.15, 0.2) is 11.5 Å². The number of piperazine rings is 1. The summed E-state index contributed by atoms with van der Waals surface area (Å²) in [7, 11) is -3.20. The molecule has 28 heavy (non-hydrogen) atoms. The highest BCUT2D eigenvalue weighted by atomic mass is 32.2. The van der Waals surface area contributed by atoms with Crippen LogP contribution < -0.4 is 10.6 Å². The van der Waals surface area contributed by atoms with Gasteiger partial charge in [-0.3, -0.25) is 4.79 Å². The van der Waals surface area contributed by atoms with Gasteiger partial charge in [-0.1, -0.05) is 36.4 Å². The smallest absolute Gasteiger partial charge is 0.213 e. The van der Waals surface area contributed by atoms with Crippen molar-refractivity contribution in [1.29, 1.82) is 0 Å². The van der Waals surface area contributed by atoms with E-state index < -0.39 is 10.0 Å². The van der Waals surface area contributed by atoms with E-state index in [-0.39, 0.29) is 23.0 Å². The Kier molecular flexibility index (Phi) is 6.05. The number of nitrogens with zero attached hydrogens (tertiary/aromatic N) is 4. The first-order chi connectivity index (χ1) is 13.4. The second kappa shape index (κ2) is 8.49. The molecule has 1 aliphatic heterocycles. The Morgan fingerprint density at radius 3 is 2.50 bits per heavy atom. The van der Waals surface area contributed by atoms with E-state index in [9.17, 15) is 13.2 Å². The van der Waals surface area contributed by atoms with Crippen molar-refractivity contribution < 1.29 is 13.2 Å². The molecular weight excluding hydrogens is 378 g/mol. The minimum atomic E-state index is -3.20. The predicted molar refractivity (Wildman–Crippen MR) is 109 cm³/mol. The third-order valence-electron chi connectivity index (χ3n) is 4.57. The average Bonchev–Trinajstić information content (AvgIpc) is 2.73. The lowest BCUT2D eigenvalue weighted by molar-refractivity contribution is 0.104. The summed E-state index contributed by atoms with van der Waals surface area (Å²) in [6.07, 6.45) is 4.63. The van der Waals surface area contributed by atoms with Crippen LogP contribution in [0.3, 0.4) is 0 Å². The van der Waals surface area contributed by atoms with E-state index in [0.29, 0.717) is 32.0 Å². The van der Waals surface area contributed by atoms with Crippen molar-refractivity contribution in [1.82, 2.24) is 14.3 Å². The predicted octanol–water partition coefficient (Wildman–Crippen LogP) is 1.43. The average molecular weight is 401 g/mol. The molecule has 0 saturated carbocycles. The Hall–Kier alpha value is -2.78. The van der Waals surface area contributed by atoms with E-state index >= 15 is 0 Å². The molecule has 2 N–H and O–H groups in total. The van der Waals surface area contributed by atoms with Crippen molar-refractivity contribution in [3.8, 4) is 0 Å². The van der Waals surface area contributed by atoms with Gasteiger partial charge < -0.3 is 10.6 Å². The largest absolute Gasteiger partial charge is 0.382 e. The van der Waals surface area contributed by atoms with Crippen LogP contribution in [0.5, 0.6) is 0 Å². The van der Waals surface area contributed by atoms with Crippen LogP contribution in [0.15, 0.2) is 42.6 Å². The molecule has 0 atom stereocenters. The Labute approximate surface area is 164 Å². The molecule has 1 saturated heterocycles. The maximum Gasteiger partial charge on any atom is 0.213 e. The molecule has 0 radical (unpaired) electrons. The maximum absolute atomic E-state index is 12.5. The number of anilines is 2. The van der Waals surface area contributed by atoms with Crippen molar-refractivity contribution in [3.05, 3.63) is 53.9 Å². The van der Waals surface area contributed by atoms with Gasteiger partial charge in [0.1, 0.15) is 5.82 Å². The summed E-state index contributed by atoms with van der Waals surface area (Å²) in [6.45, 7) is 3.34. The van der Waals surface area contributed by atoms with Gasteiger partial charge in [0.05, 0.1) is 11.9 Å². The standard InChI is InChI=1S/C19H23N5O3S/c1-2-28(26,27)24-12-10-23(11-13-24)17-14-21-19(20)18(22-17)16(25)9-8-15-6-4-3-5-7-15/h3-9,14H,2,10-13H2,1H3,(H2,20,21)/b9-8+. The molecule has 1 aromatic carbocycles. The molecule has 0 aliphatic carbocycles. The summed E-state index contributed by atoms with van der Waals surface area (Å²) in [4.78, 5) is 22.9. The number of hydrogen-bond donors (Lipinski definition) is 1. The van der Waals surface area contributed by atoms with E-state index in [4.69, 9.17) is 5.73 Å².